The Labute approximate surface area is 100 Å². The van der Waals surface area contributed by atoms with E-state index >= 15 is 0 Å². The van der Waals surface area contributed by atoms with Gasteiger partial charge in [-0.05, 0) is 24.8 Å². The molecule has 0 radical (unpaired) electrons. The average Bonchev–Trinajstić information content (AvgIpc) is 2.33. The normalized spacial score (nSPS) is 24.6. The zero-order valence-electron chi connectivity index (χ0n) is 9.63. The van der Waals surface area contributed by atoms with Crippen LogP contribution in [-0.2, 0) is 16.0 Å². The van der Waals surface area contributed by atoms with Crippen LogP contribution in [-0.4, -0.2) is 16.9 Å². The molecule has 1 saturated carbocycles. The molecule has 1 aromatic rings. The van der Waals surface area contributed by atoms with Crippen molar-refractivity contribution in [3.63, 3.8) is 0 Å². The number of carboxylic acids is 1. The van der Waals surface area contributed by atoms with Crippen LogP contribution in [0.25, 0.3) is 0 Å². The van der Waals surface area contributed by atoms with Gasteiger partial charge in [0.15, 0.2) is 0 Å². The molecule has 0 saturated heterocycles. The van der Waals surface area contributed by atoms with Gasteiger partial charge < -0.3 is 5.11 Å². The maximum Gasteiger partial charge on any atom is 0.314 e. The summed E-state index contributed by atoms with van der Waals surface area (Å²) in [5, 5.41) is 8.97. The minimum absolute atomic E-state index is 0.0902. The van der Waals surface area contributed by atoms with Crippen LogP contribution in [0.1, 0.15) is 24.8 Å². The fraction of sp³-hybridized carbons (Fsp3) is 0.429. The van der Waals surface area contributed by atoms with Crippen LogP contribution >= 0.6 is 0 Å². The van der Waals surface area contributed by atoms with Crippen molar-refractivity contribution in [2.45, 2.75) is 25.7 Å². The second-order valence-electron chi connectivity index (χ2n) is 4.61. The summed E-state index contributed by atoms with van der Waals surface area (Å²) in [4.78, 5) is 22.9. The third-order valence-electron chi connectivity index (χ3n) is 3.41. The summed E-state index contributed by atoms with van der Waals surface area (Å²) in [6, 6.07) is 9.79. The molecule has 2 rings (SSSR count). The Balaban J connectivity index is 2.06. The first kappa shape index (κ1) is 11.8. The molecule has 1 aromatic carbocycles. The first-order valence-electron chi connectivity index (χ1n) is 5.99. The van der Waals surface area contributed by atoms with Crippen molar-refractivity contribution in [2.75, 3.05) is 0 Å². The molecular weight excluding hydrogens is 216 g/mol. The SMILES string of the molecule is O=C(O)[C@H]1CCC[C@@H](Cc2ccccc2)C1=O. The van der Waals surface area contributed by atoms with E-state index in [0.29, 0.717) is 12.8 Å². The van der Waals surface area contributed by atoms with E-state index in [2.05, 4.69) is 0 Å². The Morgan fingerprint density at radius 3 is 2.59 bits per heavy atom. The molecular formula is C14H16O3. The monoisotopic (exact) mass is 232 g/mol. The van der Waals surface area contributed by atoms with E-state index in [-0.39, 0.29) is 11.7 Å². The molecule has 0 amide bonds. The van der Waals surface area contributed by atoms with Crippen molar-refractivity contribution in [3.05, 3.63) is 35.9 Å². The van der Waals surface area contributed by atoms with Gasteiger partial charge in [-0.3, -0.25) is 9.59 Å². The molecule has 1 fully saturated rings. The number of hydrogen-bond donors (Lipinski definition) is 1. The molecule has 2 atom stereocenters. The smallest absolute Gasteiger partial charge is 0.314 e. The molecule has 0 aromatic heterocycles. The van der Waals surface area contributed by atoms with Gasteiger partial charge in [-0.1, -0.05) is 36.8 Å². The van der Waals surface area contributed by atoms with Gasteiger partial charge in [0.25, 0.3) is 0 Å². The van der Waals surface area contributed by atoms with E-state index in [0.717, 1.165) is 18.4 Å². The predicted molar refractivity (Wildman–Crippen MR) is 63.6 cm³/mol. The molecule has 0 bridgehead atoms. The molecule has 0 unspecified atom stereocenters. The second-order valence-corrected chi connectivity index (χ2v) is 4.61. The number of hydrogen-bond acceptors (Lipinski definition) is 2. The van der Waals surface area contributed by atoms with Crippen molar-refractivity contribution in [1.29, 1.82) is 0 Å². The van der Waals surface area contributed by atoms with Gasteiger partial charge in [0.1, 0.15) is 11.7 Å². The predicted octanol–water partition coefficient (Wildman–Crippen LogP) is 2.30. The summed E-state index contributed by atoms with van der Waals surface area (Å²) in [5.41, 5.74) is 1.11. The van der Waals surface area contributed by atoms with Crippen LogP contribution in [0, 0.1) is 11.8 Å². The molecule has 1 N–H and O–H groups in total. The minimum Gasteiger partial charge on any atom is -0.481 e. The van der Waals surface area contributed by atoms with Gasteiger partial charge in [-0.15, -0.1) is 0 Å². The Hall–Kier alpha value is -1.64. The first-order chi connectivity index (χ1) is 8.18. The van der Waals surface area contributed by atoms with Crippen molar-refractivity contribution >= 4 is 11.8 Å². The highest BCUT2D eigenvalue weighted by Gasteiger charge is 2.35. The number of carbonyl (C=O) groups is 2. The maximum absolute atomic E-state index is 12.0. The van der Waals surface area contributed by atoms with Crippen LogP contribution in [0.15, 0.2) is 30.3 Å². The lowest BCUT2D eigenvalue weighted by atomic mass is 9.77. The number of rotatable bonds is 3. The molecule has 3 nitrogen and oxygen atoms in total. The highest BCUT2D eigenvalue weighted by atomic mass is 16.4. The number of aliphatic carboxylic acids is 1. The largest absolute Gasteiger partial charge is 0.481 e. The quantitative estimate of drug-likeness (QED) is 0.813. The van der Waals surface area contributed by atoms with E-state index in [9.17, 15) is 9.59 Å². The van der Waals surface area contributed by atoms with Gasteiger partial charge in [0.05, 0.1) is 0 Å². The zero-order valence-corrected chi connectivity index (χ0v) is 9.63. The van der Waals surface area contributed by atoms with Crippen LogP contribution in [0.2, 0.25) is 0 Å². The number of carboxylic acid groups (broad SMARTS) is 1. The molecule has 90 valence electrons. The van der Waals surface area contributed by atoms with Gasteiger partial charge in [-0.25, -0.2) is 0 Å². The van der Waals surface area contributed by atoms with E-state index in [1.165, 1.54) is 0 Å². The maximum atomic E-state index is 12.0. The van der Waals surface area contributed by atoms with Gasteiger partial charge in [0, 0.05) is 5.92 Å². The van der Waals surface area contributed by atoms with Crippen LogP contribution < -0.4 is 0 Å². The fourth-order valence-corrected chi connectivity index (χ4v) is 2.48. The number of Topliss-reactive ketones (excluding diaryl/α,β-unsaturated/α-hetero) is 1. The lowest BCUT2D eigenvalue weighted by Gasteiger charge is -2.25. The topological polar surface area (TPSA) is 54.4 Å². The van der Waals surface area contributed by atoms with E-state index in [1.807, 2.05) is 30.3 Å². The highest BCUT2D eigenvalue weighted by molar-refractivity contribution is 6.00. The molecule has 0 aliphatic heterocycles. The number of benzene rings is 1. The van der Waals surface area contributed by atoms with Gasteiger partial charge in [0.2, 0.25) is 0 Å². The summed E-state index contributed by atoms with van der Waals surface area (Å²) in [5.74, 6) is -1.95. The van der Waals surface area contributed by atoms with E-state index in [1.54, 1.807) is 0 Å². The van der Waals surface area contributed by atoms with Crippen LogP contribution in [0.5, 0.6) is 0 Å². The Morgan fingerprint density at radius 2 is 1.94 bits per heavy atom. The Morgan fingerprint density at radius 1 is 1.24 bits per heavy atom. The minimum atomic E-state index is -0.965. The zero-order chi connectivity index (χ0) is 12.3. The Bertz CT molecular complexity index is 411. The third-order valence-corrected chi connectivity index (χ3v) is 3.41. The average molecular weight is 232 g/mol. The van der Waals surface area contributed by atoms with Crippen molar-refractivity contribution in [3.8, 4) is 0 Å². The summed E-state index contributed by atoms with van der Waals surface area (Å²) in [6.45, 7) is 0. The van der Waals surface area contributed by atoms with Crippen LogP contribution in [0.4, 0.5) is 0 Å². The lowest BCUT2D eigenvalue weighted by molar-refractivity contribution is -0.149. The van der Waals surface area contributed by atoms with Crippen molar-refractivity contribution in [1.82, 2.24) is 0 Å². The summed E-state index contributed by atoms with van der Waals surface area (Å²) >= 11 is 0. The van der Waals surface area contributed by atoms with E-state index in [4.69, 9.17) is 5.11 Å². The summed E-state index contributed by atoms with van der Waals surface area (Å²) in [6.07, 6.45) is 2.82. The highest BCUT2D eigenvalue weighted by Crippen LogP contribution is 2.28. The lowest BCUT2D eigenvalue weighted by Crippen LogP contribution is -2.34. The fourth-order valence-electron chi connectivity index (χ4n) is 2.48. The molecule has 17 heavy (non-hydrogen) atoms. The standard InChI is InChI=1S/C14H16O3/c15-13-11(7-4-8-12(13)14(16)17)9-10-5-2-1-3-6-10/h1-3,5-6,11-12H,4,7-9H2,(H,16,17)/t11-,12-/m0/s1. The molecule has 1 aliphatic carbocycles. The van der Waals surface area contributed by atoms with Crippen molar-refractivity contribution in [2.24, 2.45) is 11.8 Å². The summed E-state index contributed by atoms with van der Waals surface area (Å²) in [7, 11) is 0. The first-order valence-corrected chi connectivity index (χ1v) is 5.99. The van der Waals surface area contributed by atoms with Crippen molar-refractivity contribution < 1.29 is 14.7 Å². The van der Waals surface area contributed by atoms with Crippen LogP contribution in [0.3, 0.4) is 0 Å². The second kappa shape index (κ2) is 5.13. The molecule has 0 heterocycles. The molecule has 0 spiro atoms. The van der Waals surface area contributed by atoms with E-state index < -0.39 is 11.9 Å². The molecule has 3 heteroatoms. The van der Waals surface area contributed by atoms with Gasteiger partial charge in [-0.2, -0.15) is 0 Å². The summed E-state index contributed by atoms with van der Waals surface area (Å²) < 4.78 is 0. The van der Waals surface area contributed by atoms with Gasteiger partial charge >= 0.3 is 5.97 Å². The third kappa shape index (κ3) is 2.73. The number of ketones is 1. The Kier molecular flexibility index (Phi) is 3.57. The molecule has 1 aliphatic rings. The number of carbonyl (C=O) groups excluding carboxylic acids is 1.